The maximum atomic E-state index is 11.9. The fourth-order valence-corrected chi connectivity index (χ4v) is 0.656. The Bertz CT molecular complexity index is 198. The van der Waals surface area contributed by atoms with Crippen LogP contribution in [0.15, 0.2) is 0 Å². The van der Waals surface area contributed by atoms with Gasteiger partial charge in [-0.2, -0.15) is 0 Å². The van der Waals surface area contributed by atoms with Crippen LogP contribution in [0.3, 0.4) is 0 Å². The molecule has 0 aliphatic heterocycles. The molecule has 0 atom stereocenters. The molecule has 82 valence electrons. The van der Waals surface area contributed by atoms with E-state index in [4.69, 9.17) is 5.11 Å². The van der Waals surface area contributed by atoms with Crippen LogP contribution in [-0.4, -0.2) is 48.9 Å². The number of aliphatic carboxylic acids is 1. The Morgan fingerprint density at radius 1 is 1.43 bits per heavy atom. The minimum Gasteiger partial charge on any atom is -0.481 e. The number of carbonyl (C=O) groups excluding carboxylic acids is 1. The van der Waals surface area contributed by atoms with Crippen LogP contribution < -0.4 is 0 Å². The lowest BCUT2D eigenvalue weighted by atomic mass is 10.3. The summed E-state index contributed by atoms with van der Waals surface area (Å²) in [5, 5.41) is 8.25. The Morgan fingerprint density at radius 2 is 2.07 bits per heavy atom. The number of ether oxygens (including phenoxy) is 1. The lowest BCUT2D eigenvalue weighted by Gasteiger charge is -2.11. The van der Waals surface area contributed by atoms with E-state index in [0.29, 0.717) is 6.54 Å². The molecule has 14 heavy (non-hydrogen) atoms. The van der Waals surface area contributed by atoms with Gasteiger partial charge in [-0.3, -0.25) is 14.5 Å². The van der Waals surface area contributed by atoms with Crippen molar-refractivity contribution in [3.05, 3.63) is 0 Å². The molecule has 0 amide bonds. The van der Waals surface area contributed by atoms with Gasteiger partial charge in [0, 0.05) is 6.54 Å². The molecule has 5 nitrogen and oxygen atoms in total. The number of likely N-dealkylation sites (N-methyl/N-ethyl adjacent to an activating group) is 1. The monoisotopic (exact) mass is 207 g/mol. The van der Waals surface area contributed by atoms with Crippen molar-refractivity contribution in [2.45, 2.75) is 12.8 Å². The number of rotatable bonds is 7. The van der Waals surface area contributed by atoms with E-state index in [1.165, 1.54) is 4.90 Å². The molecule has 0 rings (SSSR count). The van der Waals surface area contributed by atoms with Gasteiger partial charge in [0.1, 0.15) is 13.4 Å². The SMILES string of the molecule is CN(CF)CCOC(=O)CCC(=O)O. The van der Waals surface area contributed by atoms with E-state index in [0.717, 1.165) is 0 Å². The largest absolute Gasteiger partial charge is 0.481 e. The summed E-state index contributed by atoms with van der Waals surface area (Å²) in [5.41, 5.74) is 0. The summed E-state index contributed by atoms with van der Waals surface area (Å²) in [7, 11) is 1.55. The molecule has 0 heterocycles. The van der Waals surface area contributed by atoms with Gasteiger partial charge in [0.2, 0.25) is 0 Å². The number of halogens is 1. The van der Waals surface area contributed by atoms with Crippen molar-refractivity contribution < 1.29 is 23.8 Å². The zero-order chi connectivity index (χ0) is 11.0. The second kappa shape index (κ2) is 7.25. The number of nitrogens with zero attached hydrogens (tertiary/aromatic N) is 1. The molecule has 0 bridgehead atoms. The fourth-order valence-electron chi connectivity index (χ4n) is 0.656. The molecule has 0 saturated heterocycles. The zero-order valence-electron chi connectivity index (χ0n) is 8.03. The van der Waals surface area contributed by atoms with Crippen LogP contribution in [0.1, 0.15) is 12.8 Å². The molecule has 0 aromatic heterocycles. The summed E-state index contributed by atoms with van der Waals surface area (Å²) in [6, 6.07) is 0. The topological polar surface area (TPSA) is 66.8 Å². The highest BCUT2D eigenvalue weighted by Gasteiger charge is 2.06. The maximum Gasteiger partial charge on any atom is 0.306 e. The third-order valence-corrected chi connectivity index (χ3v) is 1.48. The number of esters is 1. The average molecular weight is 207 g/mol. The molecule has 6 heteroatoms. The lowest BCUT2D eigenvalue weighted by molar-refractivity contribution is -0.148. The molecular formula is C8H14FNO4. The van der Waals surface area contributed by atoms with Gasteiger partial charge in [-0.1, -0.05) is 0 Å². The van der Waals surface area contributed by atoms with Crippen molar-refractivity contribution in [2.24, 2.45) is 0 Å². The van der Waals surface area contributed by atoms with Crippen LogP contribution in [-0.2, 0) is 14.3 Å². The van der Waals surface area contributed by atoms with Gasteiger partial charge >= 0.3 is 11.9 Å². The Labute approximate surface area is 81.5 Å². The van der Waals surface area contributed by atoms with Crippen molar-refractivity contribution in [1.29, 1.82) is 0 Å². The zero-order valence-corrected chi connectivity index (χ0v) is 8.03. The minimum absolute atomic E-state index is 0.0822. The second-order valence-electron chi connectivity index (χ2n) is 2.81. The van der Waals surface area contributed by atoms with E-state index in [2.05, 4.69) is 4.74 Å². The molecule has 0 spiro atoms. The Morgan fingerprint density at radius 3 is 2.57 bits per heavy atom. The molecule has 0 radical (unpaired) electrons. The van der Waals surface area contributed by atoms with Gasteiger partial charge in [0.15, 0.2) is 0 Å². The van der Waals surface area contributed by atoms with Crippen molar-refractivity contribution >= 4 is 11.9 Å². The number of carboxylic acids is 1. The van der Waals surface area contributed by atoms with Crippen LogP contribution in [0.5, 0.6) is 0 Å². The summed E-state index contributed by atoms with van der Waals surface area (Å²) < 4.78 is 16.5. The maximum absolute atomic E-state index is 11.9. The molecule has 0 aliphatic carbocycles. The first kappa shape index (κ1) is 12.8. The molecule has 0 aliphatic rings. The van der Waals surface area contributed by atoms with E-state index in [1.807, 2.05) is 0 Å². The Hall–Kier alpha value is -1.17. The van der Waals surface area contributed by atoms with Crippen LogP contribution in [0.4, 0.5) is 4.39 Å². The predicted molar refractivity (Wildman–Crippen MR) is 46.4 cm³/mol. The van der Waals surface area contributed by atoms with Gasteiger partial charge in [-0.25, -0.2) is 4.39 Å². The lowest BCUT2D eigenvalue weighted by Crippen LogP contribution is -2.23. The third kappa shape index (κ3) is 7.48. The normalized spacial score (nSPS) is 10.2. The highest BCUT2D eigenvalue weighted by molar-refractivity contribution is 5.76. The number of carboxylic acid groups (broad SMARTS) is 1. The predicted octanol–water partition coefficient (Wildman–Crippen LogP) is 0.253. The highest BCUT2D eigenvalue weighted by Crippen LogP contribution is 1.93. The quantitative estimate of drug-likeness (QED) is 0.479. The van der Waals surface area contributed by atoms with Gasteiger partial charge in [-0.15, -0.1) is 0 Å². The summed E-state index contributed by atoms with van der Waals surface area (Å²) in [5.74, 6) is -1.61. The van der Waals surface area contributed by atoms with Gasteiger partial charge < -0.3 is 9.84 Å². The standard InChI is InChI=1S/C8H14FNO4/c1-10(6-9)4-5-14-8(13)3-2-7(11)12/h2-6H2,1H3,(H,11,12). The van der Waals surface area contributed by atoms with Crippen LogP contribution >= 0.6 is 0 Å². The number of hydrogen-bond donors (Lipinski definition) is 1. The summed E-state index contributed by atoms with van der Waals surface area (Å²) in [6.45, 7) is -0.221. The Balaban J connectivity index is 3.40. The second-order valence-corrected chi connectivity index (χ2v) is 2.81. The Kier molecular flexibility index (Phi) is 6.65. The van der Waals surface area contributed by atoms with E-state index >= 15 is 0 Å². The van der Waals surface area contributed by atoms with Crippen molar-refractivity contribution in [2.75, 3.05) is 27.0 Å². The number of carbonyl (C=O) groups is 2. The summed E-state index contributed by atoms with van der Waals surface area (Å²) in [6.07, 6.45) is -0.382. The molecule has 0 saturated carbocycles. The first-order valence-electron chi connectivity index (χ1n) is 4.18. The molecule has 0 aromatic rings. The summed E-state index contributed by atoms with van der Waals surface area (Å²) in [4.78, 5) is 22.2. The van der Waals surface area contributed by atoms with Gasteiger partial charge in [-0.05, 0) is 7.05 Å². The van der Waals surface area contributed by atoms with Crippen molar-refractivity contribution in [3.8, 4) is 0 Å². The number of alkyl halides is 1. The molecular weight excluding hydrogens is 193 g/mol. The average Bonchev–Trinajstić information content (AvgIpc) is 2.14. The first-order chi connectivity index (χ1) is 6.56. The molecule has 0 unspecified atom stereocenters. The molecule has 0 aromatic carbocycles. The minimum atomic E-state index is -1.04. The fraction of sp³-hybridized carbons (Fsp3) is 0.750. The van der Waals surface area contributed by atoms with Crippen molar-refractivity contribution in [1.82, 2.24) is 4.90 Å². The van der Waals surface area contributed by atoms with E-state index < -0.39 is 18.7 Å². The third-order valence-electron chi connectivity index (χ3n) is 1.48. The molecule has 0 fully saturated rings. The van der Waals surface area contributed by atoms with E-state index in [1.54, 1.807) is 7.05 Å². The molecule has 1 N–H and O–H groups in total. The van der Waals surface area contributed by atoms with Crippen LogP contribution in [0, 0.1) is 0 Å². The smallest absolute Gasteiger partial charge is 0.306 e. The van der Waals surface area contributed by atoms with Crippen LogP contribution in [0.25, 0.3) is 0 Å². The highest BCUT2D eigenvalue weighted by atomic mass is 19.1. The first-order valence-corrected chi connectivity index (χ1v) is 4.18. The van der Waals surface area contributed by atoms with Crippen LogP contribution in [0.2, 0.25) is 0 Å². The summed E-state index contributed by atoms with van der Waals surface area (Å²) >= 11 is 0. The van der Waals surface area contributed by atoms with Gasteiger partial charge in [0.25, 0.3) is 0 Å². The van der Waals surface area contributed by atoms with Gasteiger partial charge in [0.05, 0.1) is 12.8 Å². The van der Waals surface area contributed by atoms with E-state index in [9.17, 15) is 14.0 Å². The number of hydrogen-bond acceptors (Lipinski definition) is 4. The van der Waals surface area contributed by atoms with E-state index in [-0.39, 0.29) is 19.4 Å². The van der Waals surface area contributed by atoms with Crippen molar-refractivity contribution in [3.63, 3.8) is 0 Å².